The van der Waals surface area contributed by atoms with Gasteiger partial charge in [0.25, 0.3) is 0 Å². The Morgan fingerprint density at radius 2 is 1.73 bits per heavy atom. The summed E-state index contributed by atoms with van der Waals surface area (Å²) in [5.41, 5.74) is 8.68. The van der Waals surface area contributed by atoms with Crippen LogP contribution in [0, 0.1) is 6.92 Å². The van der Waals surface area contributed by atoms with Crippen LogP contribution in [0.3, 0.4) is 0 Å². The van der Waals surface area contributed by atoms with Crippen LogP contribution in [-0.2, 0) is 17.8 Å². The summed E-state index contributed by atoms with van der Waals surface area (Å²) >= 11 is 0. The Bertz CT molecular complexity index is 666. The van der Waals surface area contributed by atoms with E-state index >= 15 is 0 Å². The van der Waals surface area contributed by atoms with Gasteiger partial charge in [0.15, 0.2) is 0 Å². The fourth-order valence-electron chi connectivity index (χ4n) is 2.04. The first-order valence-electron chi connectivity index (χ1n) is 7.01. The molecular formula is C17H19N3O2. The highest BCUT2D eigenvalue weighted by Crippen LogP contribution is 2.15. The average molecular weight is 297 g/mol. The number of para-hydroxylation sites is 1. The summed E-state index contributed by atoms with van der Waals surface area (Å²) in [5.74, 6) is -0.436. The Balaban J connectivity index is 1.94. The number of hydrogen-bond donors (Lipinski definition) is 3. The van der Waals surface area contributed by atoms with Gasteiger partial charge in [0, 0.05) is 12.2 Å². The predicted molar refractivity (Wildman–Crippen MR) is 86.4 cm³/mol. The normalized spacial score (nSPS) is 10.0. The van der Waals surface area contributed by atoms with Gasteiger partial charge in [-0.15, -0.1) is 0 Å². The van der Waals surface area contributed by atoms with Gasteiger partial charge in [0.2, 0.25) is 5.91 Å². The van der Waals surface area contributed by atoms with Gasteiger partial charge >= 0.3 is 6.03 Å². The molecule has 0 bridgehead atoms. The van der Waals surface area contributed by atoms with E-state index in [0.717, 1.165) is 5.56 Å². The Morgan fingerprint density at radius 1 is 1.05 bits per heavy atom. The highest BCUT2D eigenvalue weighted by atomic mass is 16.2. The van der Waals surface area contributed by atoms with Gasteiger partial charge in [-0.05, 0) is 24.1 Å². The molecule has 0 spiro atoms. The van der Waals surface area contributed by atoms with E-state index in [9.17, 15) is 9.59 Å². The number of benzene rings is 2. The molecule has 0 aliphatic rings. The molecule has 2 aromatic carbocycles. The van der Waals surface area contributed by atoms with Gasteiger partial charge < -0.3 is 16.4 Å². The van der Waals surface area contributed by atoms with Crippen LogP contribution in [0.5, 0.6) is 0 Å². The Morgan fingerprint density at radius 3 is 2.41 bits per heavy atom. The fourth-order valence-corrected chi connectivity index (χ4v) is 2.04. The summed E-state index contributed by atoms with van der Waals surface area (Å²) in [6.07, 6.45) is 0.0917. The zero-order valence-corrected chi connectivity index (χ0v) is 12.4. The van der Waals surface area contributed by atoms with Crippen molar-refractivity contribution in [3.8, 4) is 0 Å². The van der Waals surface area contributed by atoms with E-state index in [2.05, 4.69) is 10.6 Å². The Kier molecular flexibility index (Phi) is 5.14. The number of carbonyl (C=O) groups excluding carboxylic acids is 2. The molecule has 114 valence electrons. The number of nitrogens with one attached hydrogen (secondary N) is 2. The summed E-state index contributed by atoms with van der Waals surface area (Å²) in [4.78, 5) is 23.0. The minimum absolute atomic E-state index is 0.0917. The molecule has 4 N–H and O–H groups in total. The third kappa shape index (κ3) is 4.63. The number of rotatable bonds is 5. The molecule has 0 heterocycles. The number of nitrogens with two attached hydrogens (primary N) is 1. The molecule has 0 saturated heterocycles. The van der Waals surface area contributed by atoms with Gasteiger partial charge in [-0.2, -0.15) is 0 Å². The minimum atomic E-state index is -0.436. The second kappa shape index (κ2) is 7.26. The first-order valence-corrected chi connectivity index (χ1v) is 7.01. The summed E-state index contributed by atoms with van der Waals surface area (Å²) in [5, 5.41) is 5.52. The highest BCUT2D eigenvalue weighted by Gasteiger charge is 2.08. The molecule has 0 atom stereocenters. The van der Waals surface area contributed by atoms with Gasteiger partial charge in [0.1, 0.15) is 0 Å². The second-order valence-electron chi connectivity index (χ2n) is 5.09. The Hall–Kier alpha value is -2.82. The quantitative estimate of drug-likeness (QED) is 0.791. The van der Waals surface area contributed by atoms with Crippen LogP contribution < -0.4 is 16.4 Å². The van der Waals surface area contributed by atoms with Crippen molar-refractivity contribution in [2.45, 2.75) is 19.9 Å². The van der Waals surface area contributed by atoms with E-state index in [1.165, 1.54) is 5.56 Å². The van der Waals surface area contributed by atoms with E-state index in [4.69, 9.17) is 5.73 Å². The lowest BCUT2D eigenvalue weighted by Crippen LogP contribution is -2.29. The predicted octanol–water partition coefficient (Wildman–Crippen LogP) is 2.34. The topological polar surface area (TPSA) is 84.2 Å². The SMILES string of the molecule is Cc1ccc(CNC(=O)Nc2ccccc2CC(N)=O)cc1. The third-order valence-electron chi connectivity index (χ3n) is 3.20. The summed E-state index contributed by atoms with van der Waals surface area (Å²) in [6, 6.07) is 14.7. The molecule has 0 radical (unpaired) electrons. The molecule has 0 aliphatic heterocycles. The average Bonchev–Trinajstić information content (AvgIpc) is 2.48. The van der Waals surface area contributed by atoms with Crippen LogP contribution in [-0.4, -0.2) is 11.9 Å². The number of amides is 3. The standard InChI is InChI=1S/C17H19N3O2/c1-12-6-8-13(9-7-12)11-19-17(22)20-15-5-3-2-4-14(15)10-16(18)21/h2-9H,10-11H2,1H3,(H2,18,21)(H2,19,20,22). The van der Waals surface area contributed by atoms with Crippen LogP contribution in [0.15, 0.2) is 48.5 Å². The van der Waals surface area contributed by atoms with E-state index in [1.807, 2.05) is 31.2 Å². The highest BCUT2D eigenvalue weighted by molar-refractivity contribution is 5.91. The third-order valence-corrected chi connectivity index (χ3v) is 3.20. The fraction of sp³-hybridized carbons (Fsp3) is 0.176. The number of anilines is 1. The van der Waals surface area contributed by atoms with Crippen molar-refractivity contribution in [2.24, 2.45) is 5.73 Å². The van der Waals surface area contributed by atoms with Crippen molar-refractivity contribution in [1.29, 1.82) is 0 Å². The van der Waals surface area contributed by atoms with Crippen LogP contribution in [0.1, 0.15) is 16.7 Å². The lowest BCUT2D eigenvalue weighted by Gasteiger charge is -2.11. The van der Waals surface area contributed by atoms with Crippen molar-refractivity contribution in [3.05, 3.63) is 65.2 Å². The summed E-state index contributed by atoms with van der Waals surface area (Å²) in [6.45, 7) is 2.45. The van der Waals surface area contributed by atoms with Crippen molar-refractivity contribution >= 4 is 17.6 Å². The number of aryl methyl sites for hydroxylation is 1. The molecule has 0 aliphatic carbocycles. The van der Waals surface area contributed by atoms with Crippen molar-refractivity contribution in [3.63, 3.8) is 0 Å². The Labute approximate surface area is 129 Å². The van der Waals surface area contributed by atoms with E-state index in [0.29, 0.717) is 17.8 Å². The van der Waals surface area contributed by atoms with Crippen LogP contribution in [0.2, 0.25) is 0 Å². The number of urea groups is 1. The second-order valence-corrected chi connectivity index (χ2v) is 5.09. The van der Waals surface area contributed by atoms with Crippen LogP contribution in [0.25, 0.3) is 0 Å². The van der Waals surface area contributed by atoms with E-state index < -0.39 is 5.91 Å². The zero-order chi connectivity index (χ0) is 15.9. The van der Waals surface area contributed by atoms with Crippen LogP contribution >= 0.6 is 0 Å². The first-order chi connectivity index (χ1) is 10.5. The number of hydrogen-bond acceptors (Lipinski definition) is 2. The molecule has 3 amide bonds. The molecule has 22 heavy (non-hydrogen) atoms. The molecule has 2 rings (SSSR count). The molecular weight excluding hydrogens is 278 g/mol. The molecule has 0 unspecified atom stereocenters. The van der Waals surface area contributed by atoms with Crippen LogP contribution in [0.4, 0.5) is 10.5 Å². The summed E-state index contributed by atoms with van der Waals surface area (Å²) < 4.78 is 0. The molecule has 0 aromatic heterocycles. The zero-order valence-electron chi connectivity index (χ0n) is 12.4. The van der Waals surface area contributed by atoms with Gasteiger partial charge in [-0.3, -0.25) is 4.79 Å². The van der Waals surface area contributed by atoms with E-state index in [1.54, 1.807) is 24.3 Å². The van der Waals surface area contributed by atoms with Gasteiger partial charge in [-0.1, -0.05) is 48.0 Å². The summed E-state index contributed by atoms with van der Waals surface area (Å²) in [7, 11) is 0. The monoisotopic (exact) mass is 297 g/mol. The van der Waals surface area contributed by atoms with Crippen molar-refractivity contribution < 1.29 is 9.59 Å². The number of primary amides is 1. The maximum absolute atomic E-state index is 12.0. The molecule has 2 aromatic rings. The minimum Gasteiger partial charge on any atom is -0.369 e. The first kappa shape index (κ1) is 15.6. The molecule has 0 fully saturated rings. The lowest BCUT2D eigenvalue weighted by molar-refractivity contribution is -0.117. The lowest BCUT2D eigenvalue weighted by atomic mass is 10.1. The largest absolute Gasteiger partial charge is 0.369 e. The number of carbonyl (C=O) groups is 2. The molecule has 0 saturated carbocycles. The van der Waals surface area contributed by atoms with Gasteiger partial charge in [-0.25, -0.2) is 4.79 Å². The van der Waals surface area contributed by atoms with Gasteiger partial charge in [0.05, 0.1) is 6.42 Å². The molecule has 5 heteroatoms. The maximum Gasteiger partial charge on any atom is 0.319 e. The van der Waals surface area contributed by atoms with Crippen molar-refractivity contribution in [1.82, 2.24) is 5.32 Å². The molecule has 5 nitrogen and oxygen atoms in total. The smallest absolute Gasteiger partial charge is 0.319 e. The van der Waals surface area contributed by atoms with E-state index in [-0.39, 0.29) is 12.5 Å². The van der Waals surface area contributed by atoms with Crippen molar-refractivity contribution in [2.75, 3.05) is 5.32 Å². The maximum atomic E-state index is 12.0.